The SMILES string of the molecule is CC(C)N1CCCC(Cc2cn3c(n2)CCC(CO)C3)C1. The van der Waals surface area contributed by atoms with E-state index in [9.17, 15) is 5.11 Å². The fraction of sp³-hybridized carbons (Fsp3) is 0.824. The molecule has 2 atom stereocenters. The van der Waals surface area contributed by atoms with Crippen LogP contribution in [0.1, 0.15) is 44.6 Å². The molecule has 3 rings (SSSR count). The molecular formula is C17H29N3O. The second-order valence-electron chi connectivity index (χ2n) is 7.19. The number of aromatic nitrogens is 2. The second kappa shape index (κ2) is 6.49. The van der Waals surface area contributed by atoms with Crippen molar-refractivity contribution in [2.24, 2.45) is 11.8 Å². The van der Waals surface area contributed by atoms with E-state index in [-0.39, 0.29) is 0 Å². The minimum absolute atomic E-state index is 0.304. The van der Waals surface area contributed by atoms with Gasteiger partial charge >= 0.3 is 0 Å². The Morgan fingerprint density at radius 1 is 1.29 bits per heavy atom. The van der Waals surface area contributed by atoms with Crippen LogP contribution in [0, 0.1) is 11.8 Å². The fourth-order valence-electron chi connectivity index (χ4n) is 3.85. The van der Waals surface area contributed by atoms with Gasteiger partial charge in [-0.3, -0.25) is 0 Å². The van der Waals surface area contributed by atoms with Gasteiger partial charge in [-0.15, -0.1) is 0 Å². The number of nitrogens with zero attached hydrogens (tertiary/aromatic N) is 3. The Balaban J connectivity index is 1.62. The van der Waals surface area contributed by atoms with Crippen molar-refractivity contribution < 1.29 is 5.11 Å². The van der Waals surface area contributed by atoms with E-state index in [2.05, 4.69) is 29.5 Å². The van der Waals surface area contributed by atoms with Gasteiger partial charge in [-0.05, 0) is 52.0 Å². The summed E-state index contributed by atoms with van der Waals surface area (Å²) >= 11 is 0. The summed E-state index contributed by atoms with van der Waals surface area (Å²) in [4.78, 5) is 7.45. The predicted octanol–water partition coefficient (Wildman–Crippen LogP) is 2.10. The van der Waals surface area contributed by atoms with E-state index in [1.165, 1.54) is 37.4 Å². The Hall–Kier alpha value is -0.870. The number of hydrogen-bond acceptors (Lipinski definition) is 3. The number of hydrogen-bond donors (Lipinski definition) is 1. The normalized spacial score (nSPS) is 27.0. The van der Waals surface area contributed by atoms with E-state index in [0.717, 1.165) is 31.7 Å². The predicted molar refractivity (Wildman–Crippen MR) is 84.3 cm³/mol. The summed E-state index contributed by atoms with van der Waals surface area (Å²) in [7, 11) is 0. The number of fused-ring (bicyclic) bond motifs is 1. The van der Waals surface area contributed by atoms with E-state index >= 15 is 0 Å². The van der Waals surface area contributed by atoms with Crippen LogP contribution in [0.3, 0.4) is 0 Å². The van der Waals surface area contributed by atoms with E-state index in [1.807, 2.05) is 0 Å². The van der Waals surface area contributed by atoms with E-state index in [1.54, 1.807) is 0 Å². The molecule has 0 bridgehead atoms. The Morgan fingerprint density at radius 2 is 2.14 bits per heavy atom. The van der Waals surface area contributed by atoms with Crippen molar-refractivity contribution in [3.63, 3.8) is 0 Å². The average Bonchev–Trinajstić information content (AvgIpc) is 2.88. The zero-order valence-electron chi connectivity index (χ0n) is 13.5. The lowest BCUT2D eigenvalue weighted by Gasteiger charge is -2.35. The van der Waals surface area contributed by atoms with Crippen molar-refractivity contribution in [1.82, 2.24) is 14.5 Å². The molecule has 3 heterocycles. The molecule has 0 radical (unpaired) electrons. The van der Waals surface area contributed by atoms with Gasteiger partial charge in [0.05, 0.1) is 5.69 Å². The van der Waals surface area contributed by atoms with Gasteiger partial charge in [0.2, 0.25) is 0 Å². The van der Waals surface area contributed by atoms with Gasteiger partial charge in [-0.25, -0.2) is 4.98 Å². The van der Waals surface area contributed by atoms with Gasteiger partial charge in [0.1, 0.15) is 5.82 Å². The summed E-state index contributed by atoms with van der Waals surface area (Å²) in [6, 6.07) is 0.660. The first-order valence-corrected chi connectivity index (χ1v) is 8.55. The van der Waals surface area contributed by atoms with Crippen LogP contribution in [-0.4, -0.2) is 45.3 Å². The van der Waals surface area contributed by atoms with Crippen molar-refractivity contribution in [1.29, 1.82) is 0 Å². The van der Waals surface area contributed by atoms with Crippen molar-refractivity contribution in [2.45, 2.75) is 58.5 Å². The Morgan fingerprint density at radius 3 is 2.90 bits per heavy atom. The molecule has 0 aliphatic carbocycles. The molecule has 1 aromatic heterocycles. The van der Waals surface area contributed by atoms with Crippen LogP contribution in [-0.2, 0) is 19.4 Å². The van der Waals surface area contributed by atoms with Crippen molar-refractivity contribution >= 4 is 0 Å². The van der Waals surface area contributed by atoms with Crippen LogP contribution in [0.2, 0.25) is 0 Å². The van der Waals surface area contributed by atoms with Gasteiger partial charge in [0.25, 0.3) is 0 Å². The third-order valence-corrected chi connectivity index (χ3v) is 5.18. The summed E-state index contributed by atoms with van der Waals surface area (Å²) in [5, 5.41) is 9.33. The minimum Gasteiger partial charge on any atom is -0.396 e. The van der Waals surface area contributed by atoms with Crippen LogP contribution < -0.4 is 0 Å². The van der Waals surface area contributed by atoms with E-state index in [0.29, 0.717) is 18.6 Å². The van der Waals surface area contributed by atoms with Gasteiger partial charge in [-0.1, -0.05) is 0 Å². The zero-order valence-corrected chi connectivity index (χ0v) is 13.5. The number of rotatable bonds is 4. The summed E-state index contributed by atoms with van der Waals surface area (Å²) in [6.07, 6.45) is 8.12. The molecular weight excluding hydrogens is 262 g/mol. The molecule has 4 nitrogen and oxygen atoms in total. The molecule has 2 aliphatic rings. The van der Waals surface area contributed by atoms with Crippen molar-refractivity contribution in [3.8, 4) is 0 Å². The van der Waals surface area contributed by atoms with E-state index < -0.39 is 0 Å². The zero-order chi connectivity index (χ0) is 14.8. The third kappa shape index (κ3) is 3.49. The Bertz CT molecular complexity index is 469. The quantitative estimate of drug-likeness (QED) is 0.923. The molecule has 118 valence electrons. The first-order valence-electron chi connectivity index (χ1n) is 8.55. The maximum absolute atomic E-state index is 9.33. The van der Waals surface area contributed by atoms with Crippen LogP contribution in [0.15, 0.2) is 6.20 Å². The van der Waals surface area contributed by atoms with Crippen LogP contribution in [0.4, 0.5) is 0 Å². The lowest BCUT2D eigenvalue weighted by molar-refractivity contribution is 0.139. The number of imidazole rings is 1. The Kier molecular flexibility index (Phi) is 4.65. The van der Waals surface area contributed by atoms with Crippen molar-refractivity contribution in [3.05, 3.63) is 17.7 Å². The monoisotopic (exact) mass is 291 g/mol. The maximum atomic E-state index is 9.33. The first kappa shape index (κ1) is 15.0. The molecule has 1 aromatic rings. The molecule has 0 spiro atoms. The highest BCUT2D eigenvalue weighted by Crippen LogP contribution is 2.24. The topological polar surface area (TPSA) is 41.3 Å². The molecule has 1 saturated heterocycles. The van der Waals surface area contributed by atoms with Crippen LogP contribution in [0.5, 0.6) is 0 Å². The van der Waals surface area contributed by atoms with Crippen LogP contribution >= 0.6 is 0 Å². The summed E-state index contributed by atoms with van der Waals surface area (Å²) in [5.74, 6) is 2.41. The van der Waals surface area contributed by atoms with Crippen LogP contribution in [0.25, 0.3) is 0 Å². The largest absolute Gasteiger partial charge is 0.396 e. The van der Waals surface area contributed by atoms with Gasteiger partial charge < -0.3 is 14.6 Å². The maximum Gasteiger partial charge on any atom is 0.108 e. The molecule has 0 amide bonds. The molecule has 2 aliphatic heterocycles. The third-order valence-electron chi connectivity index (χ3n) is 5.18. The minimum atomic E-state index is 0.304. The molecule has 1 fully saturated rings. The molecule has 21 heavy (non-hydrogen) atoms. The second-order valence-corrected chi connectivity index (χ2v) is 7.19. The standard InChI is InChI=1S/C17H29N3O/c1-13(2)19-7-3-4-14(9-19)8-16-11-20-10-15(12-21)5-6-17(20)18-16/h11,13-15,21H,3-10,12H2,1-2H3. The first-order chi connectivity index (χ1) is 10.2. The van der Waals surface area contributed by atoms with Crippen molar-refractivity contribution in [2.75, 3.05) is 19.7 Å². The number of aryl methyl sites for hydroxylation is 1. The molecule has 0 saturated carbocycles. The highest BCUT2D eigenvalue weighted by molar-refractivity contribution is 5.08. The van der Waals surface area contributed by atoms with E-state index in [4.69, 9.17) is 4.98 Å². The molecule has 0 aromatic carbocycles. The highest BCUT2D eigenvalue weighted by Gasteiger charge is 2.24. The van der Waals surface area contributed by atoms with Gasteiger partial charge in [0.15, 0.2) is 0 Å². The smallest absolute Gasteiger partial charge is 0.108 e. The lowest BCUT2D eigenvalue weighted by atomic mass is 9.93. The summed E-state index contributed by atoms with van der Waals surface area (Å²) in [5.41, 5.74) is 1.26. The van der Waals surface area contributed by atoms with Gasteiger partial charge in [0, 0.05) is 44.3 Å². The molecule has 1 N–H and O–H groups in total. The number of aliphatic hydroxyl groups excluding tert-OH is 1. The summed E-state index contributed by atoms with van der Waals surface area (Å²) < 4.78 is 2.28. The number of aliphatic hydroxyl groups is 1. The highest BCUT2D eigenvalue weighted by atomic mass is 16.3. The lowest BCUT2D eigenvalue weighted by Crippen LogP contribution is -2.40. The Labute approximate surface area is 128 Å². The fourth-order valence-corrected chi connectivity index (χ4v) is 3.85. The molecule has 2 unspecified atom stereocenters. The number of piperidine rings is 1. The van der Waals surface area contributed by atoms with Gasteiger partial charge in [-0.2, -0.15) is 0 Å². The average molecular weight is 291 g/mol. The molecule has 4 heteroatoms. The summed E-state index contributed by atoms with van der Waals surface area (Å²) in [6.45, 7) is 8.32. The number of likely N-dealkylation sites (tertiary alicyclic amines) is 1.